The van der Waals surface area contributed by atoms with E-state index in [1.54, 1.807) is 6.21 Å². The highest BCUT2D eigenvalue weighted by Crippen LogP contribution is 2.21. The molecule has 0 aliphatic rings. The van der Waals surface area contributed by atoms with E-state index in [0.29, 0.717) is 11.6 Å². The number of aryl methyl sites for hydroxylation is 1. The largest absolute Gasteiger partial charge is 0.507 e. The van der Waals surface area contributed by atoms with Gasteiger partial charge in [-0.3, -0.25) is 9.48 Å². The van der Waals surface area contributed by atoms with Crippen molar-refractivity contribution in [3.63, 3.8) is 0 Å². The fourth-order valence-electron chi connectivity index (χ4n) is 2.71. The van der Waals surface area contributed by atoms with Crippen LogP contribution in [-0.4, -0.2) is 27.0 Å². The van der Waals surface area contributed by atoms with Crippen LogP contribution in [0.3, 0.4) is 0 Å². The van der Waals surface area contributed by atoms with E-state index >= 15 is 0 Å². The molecule has 3 aromatic rings. The minimum Gasteiger partial charge on any atom is -0.507 e. The minimum atomic E-state index is -0.543. The molecule has 0 aliphatic heterocycles. The third-order valence-electron chi connectivity index (χ3n) is 4.18. The zero-order chi connectivity index (χ0) is 19.4. The van der Waals surface area contributed by atoms with Gasteiger partial charge in [-0.1, -0.05) is 41.9 Å². The number of carbonyl (C=O) groups is 1. The maximum Gasteiger partial charge on any atom is 0.275 e. The van der Waals surface area contributed by atoms with Gasteiger partial charge in [0.2, 0.25) is 0 Å². The Morgan fingerprint density at radius 3 is 2.74 bits per heavy atom. The number of hydrogen-bond acceptors (Lipinski definition) is 4. The summed E-state index contributed by atoms with van der Waals surface area (Å²) in [5.74, 6) is -0.701. The zero-order valence-corrected chi connectivity index (χ0v) is 15.7. The smallest absolute Gasteiger partial charge is 0.275 e. The van der Waals surface area contributed by atoms with Crippen molar-refractivity contribution in [2.75, 3.05) is 0 Å². The van der Waals surface area contributed by atoms with E-state index in [4.69, 9.17) is 11.6 Å². The number of halogens is 1. The van der Waals surface area contributed by atoms with Crippen LogP contribution >= 0.6 is 11.6 Å². The normalized spacial score (nSPS) is 11.1. The first-order chi connectivity index (χ1) is 13.0. The number of nitrogens with zero attached hydrogens (tertiary/aromatic N) is 3. The van der Waals surface area contributed by atoms with Gasteiger partial charge in [-0.05, 0) is 37.6 Å². The third-order valence-corrected chi connectivity index (χ3v) is 4.41. The lowest BCUT2D eigenvalue weighted by molar-refractivity contribution is 0.0952. The Balaban J connectivity index is 1.74. The fraction of sp³-hybridized carbons (Fsp3) is 0.150. The second kappa shape index (κ2) is 8.05. The number of carbonyl (C=O) groups excluding carboxylic acids is 1. The van der Waals surface area contributed by atoms with Crippen molar-refractivity contribution in [2.24, 2.45) is 5.10 Å². The Kier molecular flexibility index (Phi) is 5.57. The van der Waals surface area contributed by atoms with Gasteiger partial charge >= 0.3 is 0 Å². The second-order valence-corrected chi connectivity index (χ2v) is 6.52. The van der Waals surface area contributed by atoms with Gasteiger partial charge in [0.25, 0.3) is 5.91 Å². The van der Waals surface area contributed by atoms with Crippen molar-refractivity contribution in [3.05, 3.63) is 81.6 Å². The number of rotatable bonds is 5. The molecule has 27 heavy (non-hydrogen) atoms. The van der Waals surface area contributed by atoms with Crippen molar-refractivity contribution >= 4 is 23.7 Å². The predicted octanol–water partition coefficient (Wildman–Crippen LogP) is 3.67. The molecule has 0 fully saturated rings. The molecule has 6 nitrogen and oxygen atoms in total. The molecular formula is C20H19ClN4O2. The molecule has 1 amide bonds. The maximum atomic E-state index is 12.2. The molecule has 138 valence electrons. The zero-order valence-electron chi connectivity index (χ0n) is 15.0. The standard InChI is InChI=1S/C20H19ClN4O2/c1-13-18(14(2)25(24-13)12-15-6-4-3-5-7-15)11-22-23-20(27)17-10-16(21)8-9-19(17)26/h3-11,26H,12H2,1-2H3,(H,23,27)/b22-11+. The number of hydrogen-bond donors (Lipinski definition) is 2. The van der Waals surface area contributed by atoms with E-state index in [0.717, 1.165) is 22.5 Å². The molecule has 2 aromatic carbocycles. The lowest BCUT2D eigenvalue weighted by atomic mass is 10.2. The number of hydrazone groups is 1. The average molecular weight is 383 g/mol. The summed E-state index contributed by atoms with van der Waals surface area (Å²) in [5, 5.41) is 18.7. The number of benzene rings is 2. The van der Waals surface area contributed by atoms with Gasteiger partial charge in [0.1, 0.15) is 5.75 Å². The molecule has 1 aromatic heterocycles. The molecule has 7 heteroatoms. The second-order valence-electron chi connectivity index (χ2n) is 6.09. The van der Waals surface area contributed by atoms with Crippen LogP contribution in [0.5, 0.6) is 5.75 Å². The van der Waals surface area contributed by atoms with Crippen LogP contribution in [-0.2, 0) is 6.54 Å². The Morgan fingerprint density at radius 2 is 2.00 bits per heavy atom. The van der Waals surface area contributed by atoms with Crippen molar-refractivity contribution in [1.29, 1.82) is 0 Å². The Bertz CT molecular complexity index is 997. The SMILES string of the molecule is Cc1nn(Cc2ccccc2)c(C)c1/C=N/NC(=O)c1cc(Cl)ccc1O. The highest BCUT2D eigenvalue weighted by molar-refractivity contribution is 6.31. The molecule has 0 atom stereocenters. The lowest BCUT2D eigenvalue weighted by Crippen LogP contribution is -2.17. The number of phenols is 1. The van der Waals surface area contributed by atoms with E-state index in [9.17, 15) is 9.90 Å². The predicted molar refractivity (Wildman–Crippen MR) is 105 cm³/mol. The highest BCUT2D eigenvalue weighted by Gasteiger charge is 2.12. The van der Waals surface area contributed by atoms with Crippen molar-refractivity contribution in [3.8, 4) is 5.75 Å². The van der Waals surface area contributed by atoms with Crippen LogP contribution in [0.1, 0.15) is 32.9 Å². The molecule has 0 radical (unpaired) electrons. The van der Waals surface area contributed by atoms with Gasteiger partial charge in [-0.25, -0.2) is 5.43 Å². The Morgan fingerprint density at radius 1 is 1.26 bits per heavy atom. The summed E-state index contributed by atoms with van der Waals surface area (Å²) in [6.07, 6.45) is 1.55. The summed E-state index contributed by atoms with van der Waals surface area (Å²) in [6, 6.07) is 14.3. The number of amides is 1. The van der Waals surface area contributed by atoms with Crippen LogP contribution in [0.4, 0.5) is 0 Å². The molecule has 0 spiro atoms. The molecule has 3 rings (SSSR count). The summed E-state index contributed by atoms with van der Waals surface area (Å²) in [7, 11) is 0. The minimum absolute atomic E-state index is 0.0628. The number of nitrogens with one attached hydrogen (secondary N) is 1. The first-order valence-electron chi connectivity index (χ1n) is 8.35. The maximum absolute atomic E-state index is 12.2. The van der Waals surface area contributed by atoms with E-state index in [1.165, 1.54) is 18.2 Å². The summed E-state index contributed by atoms with van der Waals surface area (Å²) < 4.78 is 1.90. The van der Waals surface area contributed by atoms with Gasteiger partial charge in [0.05, 0.1) is 24.0 Å². The van der Waals surface area contributed by atoms with Gasteiger partial charge < -0.3 is 5.11 Å². The molecule has 0 saturated carbocycles. The van der Waals surface area contributed by atoms with E-state index < -0.39 is 5.91 Å². The first-order valence-corrected chi connectivity index (χ1v) is 8.73. The number of aromatic hydroxyl groups is 1. The fourth-order valence-corrected chi connectivity index (χ4v) is 2.89. The molecule has 0 unspecified atom stereocenters. The van der Waals surface area contributed by atoms with E-state index in [-0.39, 0.29) is 11.3 Å². The van der Waals surface area contributed by atoms with E-state index in [1.807, 2.05) is 48.9 Å². The number of phenolic OH excluding ortho intramolecular Hbond substituents is 1. The monoisotopic (exact) mass is 382 g/mol. The van der Waals surface area contributed by atoms with Gasteiger partial charge in [-0.2, -0.15) is 10.2 Å². The summed E-state index contributed by atoms with van der Waals surface area (Å²) in [4.78, 5) is 12.2. The molecule has 2 N–H and O–H groups in total. The third kappa shape index (κ3) is 4.35. The van der Waals surface area contributed by atoms with Crippen LogP contribution in [0, 0.1) is 13.8 Å². The molecular weight excluding hydrogens is 364 g/mol. The van der Waals surface area contributed by atoms with Crippen molar-refractivity contribution < 1.29 is 9.90 Å². The molecule has 1 heterocycles. The van der Waals surface area contributed by atoms with E-state index in [2.05, 4.69) is 15.6 Å². The van der Waals surface area contributed by atoms with Crippen molar-refractivity contribution in [2.45, 2.75) is 20.4 Å². The first kappa shape index (κ1) is 18.7. The Hall–Kier alpha value is -3.12. The summed E-state index contributed by atoms with van der Waals surface area (Å²) in [6.45, 7) is 4.50. The molecule has 0 bridgehead atoms. The van der Waals surface area contributed by atoms with Crippen LogP contribution < -0.4 is 5.43 Å². The van der Waals surface area contributed by atoms with Gasteiger partial charge in [0, 0.05) is 16.3 Å². The number of aromatic nitrogens is 2. The molecule has 0 saturated heterocycles. The summed E-state index contributed by atoms with van der Waals surface area (Å²) in [5.41, 5.74) is 6.21. The van der Waals surface area contributed by atoms with Crippen LogP contribution in [0.15, 0.2) is 53.6 Å². The van der Waals surface area contributed by atoms with Crippen molar-refractivity contribution in [1.82, 2.24) is 15.2 Å². The van der Waals surface area contributed by atoms with Gasteiger partial charge in [-0.15, -0.1) is 0 Å². The quantitative estimate of drug-likeness (QED) is 0.522. The Labute approximate surface area is 162 Å². The van der Waals surface area contributed by atoms with Crippen LogP contribution in [0.25, 0.3) is 0 Å². The van der Waals surface area contributed by atoms with Gasteiger partial charge in [0.15, 0.2) is 0 Å². The highest BCUT2D eigenvalue weighted by atomic mass is 35.5. The molecule has 0 aliphatic carbocycles. The average Bonchev–Trinajstić information content (AvgIpc) is 2.91. The van der Waals surface area contributed by atoms with Crippen LogP contribution in [0.2, 0.25) is 5.02 Å². The summed E-state index contributed by atoms with van der Waals surface area (Å²) >= 11 is 5.86. The topological polar surface area (TPSA) is 79.5 Å². The lowest BCUT2D eigenvalue weighted by Gasteiger charge is -2.05.